The van der Waals surface area contributed by atoms with Crippen molar-refractivity contribution in [1.29, 1.82) is 0 Å². The number of sulfonamides is 1. The molecule has 8 heteroatoms. The standard InChI is InChI=1S/C12H11Br2NO3S2/c1-18-10-5-3-2-4-8(10)7-15-20(16,17)11-6-9(13)12(14)19-11/h2-6,15H,7H2,1H3. The van der Waals surface area contributed by atoms with Crippen LogP contribution in [0.4, 0.5) is 0 Å². The van der Waals surface area contributed by atoms with Crippen LogP contribution in [0.1, 0.15) is 5.56 Å². The van der Waals surface area contributed by atoms with Gasteiger partial charge in [-0.3, -0.25) is 0 Å². The lowest BCUT2D eigenvalue weighted by atomic mass is 10.2. The molecule has 0 bridgehead atoms. The fourth-order valence-electron chi connectivity index (χ4n) is 1.55. The highest BCUT2D eigenvalue weighted by atomic mass is 79.9. The first-order valence-electron chi connectivity index (χ1n) is 5.50. The van der Waals surface area contributed by atoms with Gasteiger partial charge < -0.3 is 4.74 Å². The number of ether oxygens (including phenoxy) is 1. The van der Waals surface area contributed by atoms with Crippen molar-refractivity contribution in [3.8, 4) is 5.75 Å². The summed E-state index contributed by atoms with van der Waals surface area (Å²) in [4.78, 5) is 0. The van der Waals surface area contributed by atoms with Crippen molar-refractivity contribution in [2.75, 3.05) is 7.11 Å². The Hall–Kier alpha value is -0.410. The van der Waals surface area contributed by atoms with Crippen molar-refractivity contribution in [2.45, 2.75) is 10.8 Å². The van der Waals surface area contributed by atoms with Crippen LogP contribution >= 0.6 is 43.2 Å². The molecule has 0 amide bonds. The highest BCUT2D eigenvalue weighted by Gasteiger charge is 2.19. The Morgan fingerprint density at radius 2 is 2.00 bits per heavy atom. The fourth-order valence-corrected chi connectivity index (χ4v) is 5.42. The van der Waals surface area contributed by atoms with E-state index in [0.717, 1.165) is 25.2 Å². The average molecular weight is 441 g/mol. The molecule has 0 radical (unpaired) electrons. The van der Waals surface area contributed by atoms with Gasteiger partial charge in [0.15, 0.2) is 0 Å². The van der Waals surface area contributed by atoms with Gasteiger partial charge in [-0.1, -0.05) is 18.2 Å². The molecule has 0 saturated heterocycles. The molecule has 0 spiro atoms. The van der Waals surface area contributed by atoms with Gasteiger partial charge in [0, 0.05) is 16.6 Å². The van der Waals surface area contributed by atoms with E-state index in [1.54, 1.807) is 19.2 Å². The summed E-state index contributed by atoms with van der Waals surface area (Å²) < 4.78 is 33.9. The van der Waals surface area contributed by atoms with Gasteiger partial charge in [-0.15, -0.1) is 11.3 Å². The molecule has 0 saturated carbocycles. The van der Waals surface area contributed by atoms with Gasteiger partial charge in [0.25, 0.3) is 0 Å². The highest BCUT2D eigenvalue weighted by Crippen LogP contribution is 2.34. The number of thiophene rings is 1. The van der Waals surface area contributed by atoms with Crippen LogP contribution in [0.5, 0.6) is 5.75 Å². The SMILES string of the molecule is COc1ccccc1CNS(=O)(=O)c1cc(Br)c(Br)s1. The second-order valence-electron chi connectivity index (χ2n) is 3.82. The van der Waals surface area contributed by atoms with E-state index in [4.69, 9.17) is 4.74 Å². The van der Waals surface area contributed by atoms with Crippen LogP contribution in [-0.4, -0.2) is 15.5 Å². The van der Waals surface area contributed by atoms with Gasteiger partial charge in [0.05, 0.1) is 10.9 Å². The summed E-state index contributed by atoms with van der Waals surface area (Å²) in [6.07, 6.45) is 0. The van der Waals surface area contributed by atoms with E-state index in [1.165, 1.54) is 0 Å². The maximum Gasteiger partial charge on any atom is 0.250 e. The maximum absolute atomic E-state index is 12.2. The quantitative estimate of drug-likeness (QED) is 0.769. The molecule has 0 fully saturated rings. The lowest BCUT2D eigenvalue weighted by Gasteiger charge is -2.09. The molecule has 0 aliphatic heterocycles. The van der Waals surface area contributed by atoms with Crippen molar-refractivity contribution < 1.29 is 13.2 Å². The molecule has 1 N–H and O–H groups in total. The Kier molecular flexibility index (Phi) is 5.25. The second-order valence-corrected chi connectivity index (χ2v) is 9.04. The Labute approximate surface area is 138 Å². The first-order valence-corrected chi connectivity index (χ1v) is 9.39. The van der Waals surface area contributed by atoms with Gasteiger partial charge in [-0.2, -0.15) is 0 Å². The van der Waals surface area contributed by atoms with Gasteiger partial charge in [-0.05, 0) is 44.0 Å². The number of methoxy groups -OCH3 is 1. The molecule has 1 aromatic heterocycles. The van der Waals surface area contributed by atoms with Crippen molar-refractivity contribution in [2.24, 2.45) is 0 Å². The molecule has 0 aliphatic rings. The zero-order valence-corrected chi connectivity index (χ0v) is 15.2. The lowest BCUT2D eigenvalue weighted by Crippen LogP contribution is -2.22. The molecule has 2 aromatic rings. The highest BCUT2D eigenvalue weighted by molar-refractivity contribution is 9.13. The van der Waals surface area contributed by atoms with Crippen molar-refractivity contribution in [3.63, 3.8) is 0 Å². The minimum absolute atomic E-state index is 0.180. The largest absolute Gasteiger partial charge is 0.496 e. The number of para-hydroxylation sites is 1. The Morgan fingerprint density at radius 1 is 1.30 bits per heavy atom. The summed E-state index contributed by atoms with van der Waals surface area (Å²) >= 11 is 7.72. The van der Waals surface area contributed by atoms with Crippen molar-refractivity contribution in [1.82, 2.24) is 4.72 Å². The van der Waals surface area contributed by atoms with Crippen LogP contribution in [0.25, 0.3) is 0 Å². The molecule has 2 rings (SSSR count). The van der Waals surface area contributed by atoms with Crippen LogP contribution in [0.15, 0.2) is 42.8 Å². The number of rotatable bonds is 5. The van der Waals surface area contributed by atoms with E-state index in [0.29, 0.717) is 5.75 Å². The van der Waals surface area contributed by atoms with Crippen molar-refractivity contribution in [3.05, 3.63) is 44.2 Å². The molecule has 1 heterocycles. The third-order valence-electron chi connectivity index (χ3n) is 2.53. The predicted molar refractivity (Wildman–Crippen MR) is 86.7 cm³/mol. The van der Waals surface area contributed by atoms with Gasteiger partial charge >= 0.3 is 0 Å². The molecule has 108 valence electrons. The molecule has 20 heavy (non-hydrogen) atoms. The minimum Gasteiger partial charge on any atom is -0.496 e. The van der Waals surface area contributed by atoms with Gasteiger partial charge in [0.2, 0.25) is 10.0 Å². The summed E-state index contributed by atoms with van der Waals surface area (Å²) in [5.41, 5.74) is 0.785. The zero-order chi connectivity index (χ0) is 14.8. The third-order valence-corrected chi connectivity index (χ3v) is 7.66. The van der Waals surface area contributed by atoms with Gasteiger partial charge in [0.1, 0.15) is 9.96 Å². The first kappa shape index (κ1) is 16.0. The molecule has 0 unspecified atom stereocenters. The summed E-state index contributed by atoms with van der Waals surface area (Å²) in [5.74, 6) is 0.656. The number of hydrogen-bond acceptors (Lipinski definition) is 4. The van der Waals surface area contributed by atoms with E-state index in [2.05, 4.69) is 36.6 Å². The Bertz CT molecular complexity index is 694. The van der Waals surface area contributed by atoms with E-state index < -0.39 is 10.0 Å². The predicted octanol–water partition coefficient (Wildman–Crippen LogP) is 3.76. The molecule has 0 aliphatic carbocycles. The Morgan fingerprint density at radius 3 is 2.60 bits per heavy atom. The van der Waals surface area contributed by atoms with Crippen molar-refractivity contribution >= 4 is 53.2 Å². The number of hydrogen-bond donors (Lipinski definition) is 1. The second kappa shape index (κ2) is 6.57. The topological polar surface area (TPSA) is 55.4 Å². The van der Waals surface area contributed by atoms with Crippen LogP contribution in [0, 0.1) is 0 Å². The minimum atomic E-state index is -3.53. The summed E-state index contributed by atoms with van der Waals surface area (Å²) in [7, 11) is -1.98. The van der Waals surface area contributed by atoms with Crippen LogP contribution in [-0.2, 0) is 16.6 Å². The van der Waals surface area contributed by atoms with E-state index in [1.807, 2.05) is 18.2 Å². The Balaban J connectivity index is 2.17. The van der Waals surface area contributed by atoms with Crippen LogP contribution in [0.2, 0.25) is 0 Å². The van der Waals surface area contributed by atoms with Gasteiger partial charge in [-0.25, -0.2) is 13.1 Å². The maximum atomic E-state index is 12.2. The molecule has 1 aromatic carbocycles. The molecular formula is C12H11Br2NO3S2. The number of halogens is 2. The smallest absolute Gasteiger partial charge is 0.250 e. The molecule has 4 nitrogen and oxygen atoms in total. The number of nitrogens with one attached hydrogen (secondary N) is 1. The van der Waals surface area contributed by atoms with E-state index in [-0.39, 0.29) is 10.8 Å². The monoisotopic (exact) mass is 439 g/mol. The van der Waals surface area contributed by atoms with E-state index in [9.17, 15) is 8.42 Å². The van der Waals surface area contributed by atoms with Crippen LogP contribution in [0.3, 0.4) is 0 Å². The lowest BCUT2D eigenvalue weighted by molar-refractivity contribution is 0.409. The fraction of sp³-hybridized carbons (Fsp3) is 0.167. The number of benzene rings is 1. The molecular weight excluding hydrogens is 430 g/mol. The zero-order valence-electron chi connectivity index (χ0n) is 10.4. The molecule has 0 atom stereocenters. The normalized spacial score (nSPS) is 11.6. The van der Waals surface area contributed by atoms with Crippen LogP contribution < -0.4 is 9.46 Å². The summed E-state index contributed by atoms with van der Waals surface area (Å²) in [6, 6.07) is 8.86. The first-order chi connectivity index (χ1) is 9.44. The summed E-state index contributed by atoms with van der Waals surface area (Å²) in [5, 5.41) is 0. The average Bonchev–Trinajstić information content (AvgIpc) is 2.78. The third kappa shape index (κ3) is 3.62. The van der Waals surface area contributed by atoms with E-state index >= 15 is 0 Å². The summed E-state index contributed by atoms with van der Waals surface area (Å²) in [6.45, 7) is 0.180.